The monoisotopic (exact) mass is 303 g/mol. The lowest BCUT2D eigenvalue weighted by molar-refractivity contribution is -0.143. The molecule has 5 heteroatoms. The minimum absolute atomic E-state index is 0.102. The largest absolute Gasteiger partial charge is 0.465 e. The lowest BCUT2D eigenvalue weighted by Crippen LogP contribution is -2.30. The molecule has 1 aromatic carbocycles. The number of rotatable bonds is 4. The molecule has 1 aliphatic rings. The summed E-state index contributed by atoms with van der Waals surface area (Å²) in [7, 11) is 2.49. The van der Waals surface area contributed by atoms with Crippen LogP contribution in [0.3, 0.4) is 0 Å². The number of piperidine rings is 1. The van der Waals surface area contributed by atoms with E-state index in [9.17, 15) is 9.59 Å². The minimum atomic E-state index is -0.694. The summed E-state index contributed by atoms with van der Waals surface area (Å²) in [5.74, 6) is -1.39. The molecule has 0 bridgehead atoms. The van der Waals surface area contributed by atoms with Crippen molar-refractivity contribution in [3.63, 3.8) is 0 Å². The number of carbonyl (C=O) groups excluding carboxylic acids is 2. The van der Waals surface area contributed by atoms with Crippen LogP contribution in [0.25, 0.3) is 6.08 Å². The number of anilines is 1. The van der Waals surface area contributed by atoms with Gasteiger partial charge in [-0.05, 0) is 37.0 Å². The number of esters is 2. The Hall–Kier alpha value is -2.30. The van der Waals surface area contributed by atoms with Crippen molar-refractivity contribution in [2.24, 2.45) is 0 Å². The summed E-state index contributed by atoms with van der Waals surface area (Å²) in [6.45, 7) is 1.97. The molecule has 22 heavy (non-hydrogen) atoms. The van der Waals surface area contributed by atoms with E-state index in [2.05, 4.69) is 14.4 Å². The summed E-state index contributed by atoms with van der Waals surface area (Å²) >= 11 is 0. The molecular formula is C17H21NO4. The summed E-state index contributed by atoms with van der Waals surface area (Å²) in [5, 5.41) is 0. The molecule has 5 nitrogen and oxygen atoms in total. The van der Waals surface area contributed by atoms with Gasteiger partial charge in [0.05, 0.1) is 14.2 Å². The Morgan fingerprint density at radius 3 is 2.18 bits per heavy atom. The van der Waals surface area contributed by atoms with Crippen LogP contribution < -0.4 is 4.90 Å². The van der Waals surface area contributed by atoms with E-state index in [0.29, 0.717) is 0 Å². The van der Waals surface area contributed by atoms with Gasteiger partial charge in [-0.1, -0.05) is 18.2 Å². The van der Waals surface area contributed by atoms with Crippen molar-refractivity contribution in [2.75, 3.05) is 32.2 Å². The maximum atomic E-state index is 11.8. The molecule has 0 saturated carbocycles. The van der Waals surface area contributed by atoms with E-state index >= 15 is 0 Å². The Morgan fingerprint density at radius 1 is 1.00 bits per heavy atom. The highest BCUT2D eigenvalue weighted by molar-refractivity contribution is 6.18. The van der Waals surface area contributed by atoms with Crippen LogP contribution in [0.1, 0.15) is 24.8 Å². The van der Waals surface area contributed by atoms with E-state index in [1.807, 2.05) is 24.3 Å². The molecule has 0 aromatic heterocycles. The summed E-state index contributed by atoms with van der Waals surface area (Å²) in [4.78, 5) is 25.9. The zero-order chi connectivity index (χ0) is 15.9. The Morgan fingerprint density at radius 2 is 1.59 bits per heavy atom. The van der Waals surface area contributed by atoms with Crippen LogP contribution in [0.5, 0.6) is 0 Å². The molecule has 0 N–H and O–H groups in total. The zero-order valence-corrected chi connectivity index (χ0v) is 13.0. The van der Waals surface area contributed by atoms with Crippen molar-refractivity contribution in [1.82, 2.24) is 0 Å². The van der Waals surface area contributed by atoms with Crippen LogP contribution in [-0.2, 0) is 19.1 Å². The van der Waals surface area contributed by atoms with Crippen molar-refractivity contribution < 1.29 is 19.1 Å². The van der Waals surface area contributed by atoms with Gasteiger partial charge in [0, 0.05) is 18.8 Å². The predicted octanol–water partition coefficient (Wildman–Crippen LogP) is 2.41. The molecule has 1 fully saturated rings. The number of hydrogen-bond acceptors (Lipinski definition) is 5. The van der Waals surface area contributed by atoms with Crippen molar-refractivity contribution in [1.29, 1.82) is 0 Å². The summed E-state index contributed by atoms with van der Waals surface area (Å²) < 4.78 is 9.34. The second-order valence-corrected chi connectivity index (χ2v) is 5.15. The highest BCUT2D eigenvalue weighted by atomic mass is 16.5. The van der Waals surface area contributed by atoms with E-state index in [0.717, 1.165) is 37.2 Å². The Balaban J connectivity index is 2.39. The fraction of sp³-hybridized carbons (Fsp3) is 0.412. The maximum absolute atomic E-state index is 11.8. The van der Waals surface area contributed by atoms with Crippen LogP contribution in [-0.4, -0.2) is 39.2 Å². The smallest absolute Gasteiger partial charge is 0.345 e. The molecule has 0 aliphatic carbocycles. The van der Waals surface area contributed by atoms with Gasteiger partial charge in [-0.15, -0.1) is 0 Å². The van der Waals surface area contributed by atoms with Crippen molar-refractivity contribution in [3.8, 4) is 0 Å². The quantitative estimate of drug-likeness (QED) is 0.370. The Kier molecular flexibility index (Phi) is 5.58. The highest BCUT2D eigenvalue weighted by Gasteiger charge is 2.21. The number of nitrogens with zero attached hydrogens (tertiary/aromatic N) is 1. The minimum Gasteiger partial charge on any atom is -0.465 e. The van der Waals surface area contributed by atoms with Crippen LogP contribution in [0.4, 0.5) is 5.69 Å². The molecule has 0 radical (unpaired) electrons. The normalized spacial score (nSPS) is 14.2. The first-order chi connectivity index (χ1) is 10.7. The van der Waals surface area contributed by atoms with Gasteiger partial charge >= 0.3 is 11.9 Å². The average molecular weight is 303 g/mol. The summed E-state index contributed by atoms with van der Waals surface area (Å²) in [5.41, 5.74) is 1.73. The van der Waals surface area contributed by atoms with Crippen LogP contribution in [0, 0.1) is 0 Å². The van der Waals surface area contributed by atoms with Gasteiger partial charge in [-0.2, -0.15) is 0 Å². The van der Waals surface area contributed by atoms with Gasteiger partial charge in [-0.25, -0.2) is 9.59 Å². The molecule has 1 aromatic rings. The van der Waals surface area contributed by atoms with Crippen LogP contribution >= 0.6 is 0 Å². The lowest BCUT2D eigenvalue weighted by Gasteiger charge is -2.30. The van der Waals surface area contributed by atoms with Gasteiger partial charge in [0.2, 0.25) is 0 Å². The molecule has 1 aliphatic heterocycles. The summed E-state index contributed by atoms with van der Waals surface area (Å²) in [6, 6.07) is 7.72. The molecule has 1 heterocycles. The number of hydrogen-bond donors (Lipinski definition) is 0. The van der Waals surface area contributed by atoms with Gasteiger partial charge in [0.1, 0.15) is 5.57 Å². The maximum Gasteiger partial charge on any atom is 0.345 e. The molecule has 118 valence electrons. The van der Waals surface area contributed by atoms with Crippen LogP contribution in [0.15, 0.2) is 29.8 Å². The van der Waals surface area contributed by atoms with E-state index in [-0.39, 0.29) is 5.57 Å². The highest BCUT2D eigenvalue weighted by Crippen LogP contribution is 2.26. The molecule has 0 atom stereocenters. The van der Waals surface area contributed by atoms with E-state index in [1.54, 1.807) is 6.08 Å². The fourth-order valence-electron chi connectivity index (χ4n) is 2.61. The van der Waals surface area contributed by atoms with E-state index in [1.165, 1.54) is 20.6 Å². The number of benzene rings is 1. The van der Waals surface area contributed by atoms with Crippen molar-refractivity contribution >= 4 is 23.7 Å². The van der Waals surface area contributed by atoms with Crippen molar-refractivity contribution in [3.05, 3.63) is 35.4 Å². The molecule has 1 saturated heterocycles. The van der Waals surface area contributed by atoms with Gasteiger partial charge in [0.25, 0.3) is 0 Å². The Bertz CT molecular complexity index is 556. The standard InChI is InChI=1S/C17H21NO4/c1-21-16(19)14(17(20)22-2)12-13-8-4-5-9-15(13)18-10-6-3-7-11-18/h4-5,8-9,12H,3,6-7,10-11H2,1-2H3. The molecule has 0 amide bonds. The number of ether oxygens (including phenoxy) is 2. The van der Waals surface area contributed by atoms with Crippen LogP contribution in [0.2, 0.25) is 0 Å². The third-order valence-electron chi connectivity index (χ3n) is 3.74. The van der Waals surface area contributed by atoms with E-state index in [4.69, 9.17) is 0 Å². The molecule has 0 unspecified atom stereocenters. The third kappa shape index (κ3) is 3.67. The Labute approximate surface area is 130 Å². The van der Waals surface area contributed by atoms with Gasteiger partial charge in [0.15, 0.2) is 0 Å². The molecular weight excluding hydrogens is 282 g/mol. The first kappa shape index (κ1) is 16.1. The fourth-order valence-corrected chi connectivity index (χ4v) is 2.61. The molecule has 2 rings (SSSR count). The second kappa shape index (κ2) is 7.64. The number of para-hydroxylation sites is 1. The van der Waals surface area contributed by atoms with Crippen molar-refractivity contribution in [2.45, 2.75) is 19.3 Å². The molecule has 0 spiro atoms. The topological polar surface area (TPSA) is 55.8 Å². The summed E-state index contributed by atoms with van der Waals surface area (Å²) in [6.07, 6.45) is 5.09. The number of carbonyl (C=O) groups is 2. The first-order valence-corrected chi connectivity index (χ1v) is 7.39. The number of methoxy groups -OCH3 is 2. The first-order valence-electron chi connectivity index (χ1n) is 7.39. The van der Waals surface area contributed by atoms with Gasteiger partial charge in [-0.3, -0.25) is 0 Å². The average Bonchev–Trinajstić information content (AvgIpc) is 2.59. The van der Waals surface area contributed by atoms with Gasteiger partial charge < -0.3 is 14.4 Å². The SMILES string of the molecule is COC(=O)C(=Cc1ccccc1N1CCCCC1)C(=O)OC. The zero-order valence-electron chi connectivity index (χ0n) is 13.0. The lowest BCUT2D eigenvalue weighted by atomic mass is 10.0. The van der Waals surface area contributed by atoms with E-state index < -0.39 is 11.9 Å². The second-order valence-electron chi connectivity index (χ2n) is 5.15. The predicted molar refractivity (Wildman–Crippen MR) is 84.5 cm³/mol. The third-order valence-corrected chi connectivity index (χ3v) is 3.74.